The molecule has 1 aliphatic rings. The number of carbonyl (C=O) groups excluding carboxylic acids is 3. The number of aldehydes is 1. The van der Waals surface area contributed by atoms with Crippen LogP contribution in [0.25, 0.3) is 11.4 Å². The van der Waals surface area contributed by atoms with Gasteiger partial charge in [-0.05, 0) is 42.5 Å². The highest BCUT2D eigenvalue weighted by Crippen LogP contribution is 2.30. The molecule has 0 aliphatic carbocycles. The average molecular weight is 481 g/mol. The van der Waals surface area contributed by atoms with E-state index < -0.39 is 11.9 Å². The summed E-state index contributed by atoms with van der Waals surface area (Å²) in [5.41, 5.74) is 12.9. The molecule has 0 spiro atoms. The molecule has 0 radical (unpaired) electrons. The van der Waals surface area contributed by atoms with Gasteiger partial charge in [0.1, 0.15) is 23.5 Å². The van der Waals surface area contributed by atoms with E-state index in [2.05, 4.69) is 15.3 Å². The third kappa shape index (κ3) is 4.98. The van der Waals surface area contributed by atoms with Gasteiger partial charge in [0, 0.05) is 34.4 Å². The number of halogens is 1. The second-order valence-corrected chi connectivity index (χ2v) is 7.95. The number of nitrogens with zero attached hydrogens (tertiary/aromatic N) is 3. The van der Waals surface area contributed by atoms with Crippen molar-refractivity contribution in [2.75, 3.05) is 23.4 Å². The van der Waals surface area contributed by atoms with Gasteiger partial charge < -0.3 is 31.2 Å². The fourth-order valence-corrected chi connectivity index (χ4v) is 3.62. The van der Waals surface area contributed by atoms with Crippen molar-refractivity contribution < 1.29 is 19.1 Å². The van der Waals surface area contributed by atoms with Gasteiger partial charge in [-0.2, -0.15) is 0 Å². The first-order valence-electron chi connectivity index (χ1n) is 10.3. The SMILES string of the molecule is NC[C@@H](C=O)Nc1cc(C(N)=O)nc(-c2ccc(N3Cc4cc(Cl)ccc4OCC3=O)cc2)n1. The van der Waals surface area contributed by atoms with Crippen LogP contribution in [0.1, 0.15) is 16.1 Å². The number of benzene rings is 2. The zero-order valence-corrected chi connectivity index (χ0v) is 18.7. The maximum Gasteiger partial charge on any atom is 0.267 e. The Morgan fingerprint density at radius 2 is 1.97 bits per heavy atom. The van der Waals surface area contributed by atoms with E-state index in [0.717, 1.165) is 5.56 Å². The van der Waals surface area contributed by atoms with Gasteiger partial charge in [-0.15, -0.1) is 0 Å². The molecule has 4 rings (SSSR count). The monoisotopic (exact) mass is 480 g/mol. The molecular weight excluding hydrogens is 460 g/mol. The normalized spacial score (nSPS) is 13.9. The molecule has 5 N–H and O–H groups in total. The smallest absolute Gasteiger partial charge is 0.267 e. The van der Waals surface area contributed by atoms with Crippen LogP contribution < -0.4 is 26.4 Å². The lowest BCUT2D eigenvalue weighted by Gasteiger charge is -2.20. The molecule has 0 bridgehead atoms. The van der Waals surface area contributed by atoms with Crippen LogP contribution in [0.5, 0.6) is 5.75 Å². The first kappa shape index (κ1) is 23.1. The van der Waals surface area contributed by atoms with Crippen LogP contribution in [0, 0.1) is 0 Å². The van der Waals surface area contributed by atoms with Gasteiger partial charge in [0.25, 0.3) is 11.8 Å². The lowest BCUT2D eigenvalue weighted by Crippen LogP contribution is -2.32. The van der Waals surface area contributed by atoms with Gasteiger partial charge in [0.15, 0.2) is 12.4 Å². The van der Waals surface area contributed by atoms with E-state index in [0.29, 0.717) is 34.9 Å². The number of nitrogens with two attached hydrogens (primary N) is 2. The molecule has 2 heterocycles. The Morgan fingerprint density at radius 1 is 1.21 bits per heavy atom. The van der Waals surface area contributed by atoms with E-state index in [1.165, 1.54) is 6.07 Å². The van der Waals surface area contributed by atoms with Gasteiger partial charge in [-0.25, -0.2) is 9.97 Å². The number of fused-ring (bicyclic) bond motifs is 1. The number of anilines is 2. The molecule has 2 amide bonds. The Kier molecular flexibility index (Phi) is 6.71. The molecule has 1 aliphatic heterocycles. The van der Waals surface area contributed by atoms with Gasteiger partial charge in [0.2, 0.25) is 0 Å². The van der Waals surface area contributed by atoms with Crippen LogP contribution in [-0.2, 0) is 16.1 Å². The number of amides is 2. The summed E-state index contributed by atoms with van der Waals surface area (Å²) >= 11 is 6.11. The topological polar surface area (TPSA) is 154 Å². The van der Waals surface area contributed by atoms with E-state index in [1.807, 2.05) is 0 Å². The zero-order valence-electron chi connectivity index (χ0n) is 17.9. The molecule has 11 heteroatoms. The van der Waals surface area contributed by atoms with Crippen LogP contribution in [-0.4, -0.2) is 47.3 Å². The quantitative estimate of drug-likeness (QED) is 0.432. The Hall–Kier alpha value is -4.02. The Balaban J connectivity index is 1.64. The molecule has 174 valence electrons. The minimum Gasteiger partial charge on any atom is -0.483 e. The van der Waals surface area contributed by atoms with Gasteiger partial charge in [-0.3, -0.25) is 9.59 Å². The summed E-state index contributed by atoms with van der Waals surface area (Å²) in [5.74, 6) is 0.111. The standard InChI is InChI=1S/C23H21ClN6O4/c24-15-3-6-19-14(7-15)10-30(21(32)12-34-19)17-4-1-13(2-5-17)23-28-18(22(26)33)8-20(29-23)27-16(9-25)11-31/h1-8,11,16H,9-10,12,25H2,(H2,26,33)(H,27,28,29)/t16-/m0/s1. The number of rotatable bonds is 7. The number of ether oxygens (including phenoxy) is 1. The van der Waals surface area contributed by atoms with E-state index in [9.17, 15) is 14.4 Å². The van der Waals surface area contributed by atoms with Gasteiger partial charge in [0.05, 0.1) is 12.6 Å². The minimum absolute atomic E-state index is 0.0217. The van der Waals surface area contributed by atoms with Gasteiger partial charge in [-0.1, -0.05) is 11.6 Å². The third-order valence-corrected chi connectivity index (χ3v) is 5.41. The molecule has 3 aromatic rings. The van der Waals surface area contributed by atoms with E-state index in [1.54, 1.807) is 47.4 Å². The molecule has 34 heavy (non-hydrogen) atoms. The zero-order chi connectivity index (χ0) is 24.2. The molecule has 0 saturated heterocycles. The average Bonchev–Trinajstić information content (AvgIpc) is 3.00. The highest BCUT2D eigenvalue weighted by molar-refractivity contribution is 6.30. The summed E-state index contributed by atoms with van der Waals surface area (Å²) in [6, 6.07) is 12.8. The fourth-order valence-electron chi connectivity index (χ4n) is 3.43. The molecule has 2 aromatic carbocycles. The second kappa shape index (κ2) is 9.86. The van der Waals surface area contributed by atoms with Crippen molar-refractivity contribution in [2.45, 2.75) is 12.6 Å². The molecule has 1 aromatic heterocycles. The summed E-state index contributed by atoms with van der Waals surface area (Å²) in [4.78, 5) is 45.8. The molecule has 1 atom stereocenters. The van der Waals surface area contributed by atoms with Crippen LogP contribution in [0.3, 0.4) is 0 Å². The third-order valence-electron chi connectivity index (χ3n) is 5.17. The van der Waals surface area contributed by atoms with Gasteiger partial charge >= 0.3 is 0 Å². The van der Waals surface area contributed by atoms with Crippen LogP contribution in [0.15, 0.2) is 48.5 Å². The maximum atomic E-state index is 12.7. The summed E-state index contributed by atoms with van der Waals surface area (Å²) in [5, 5.41) is 3.39. The Bertz CT molecular complexity index is 1250. The summed E-state index contributed by atoms with van der Waals surface area (Å²) in [7, 11) is 0. The van der Waals surface area contributed by atoms with Crippen LogP contribution in [0.4, 0.5) is 11.5 Å². The van der Waals surface area contributed by atoms with E-state index >= 15 is 0 Å². The second-order valence-electron chi connectivity index (χ2n) is 7.52. The molecule has 0 unspecified atom stereocenters. The number of primary amides is 1. The lowest BCUT2D eigenvalue weighted by molar-refractivity contribution is -0.120. The Labute approximate surface area is 199 Å². The lowest BCUT2D eigenvalue weighted by atomic mass is 10.1. The summed E-state index contributed by atoms with van der Waals surface area (Å²) in [6.07, 6.45) is 0.647. The number of nitrogens with one attached hydrogen (secondary N) is 1. The number of aromatic nitrogens is 2. The molecule has 0 saturated carbocycles. The van der Waals surface area contributed by atoms with Crippen molar-refractivity contribution in [3.8, 4) is 17.1 Å². The first-order valence-corrected chi connectivity index (χ1v) is 10.7. The molecular formula is C23H21ClN6O4. The van der Waals surface area contributed by atoms with Crippen molar-refractivity contribution >= 4 is 41.2 Å². The van der Waals surface area contributed by atoms with Crippen LogP contribution in [0.2, 0.25) is 5.02 Å². The highest BCUT2D eigenvalue weighted by Gasteiger charge is 2.23. The largest absolute Gasteiger partial charge is 0.483 e. The fraction of sp³-hybridized carbons (Fsp3) is 0.174. The van der Waals surface area contributed by atoms with Crippen molar-refractivity contribution in [2.24, 2.45) is 11.5 Å². The van der Waals surface area contributed by atoms with Crippen LogP contribution >= 0.6 is 11.6 Å². The predicted molar refractivity (Wildman–Crippen MR) is 127 cm³/mol. The predicted octanol–water partition coefficient (Wildman–Crippen LogP) is 1.76. The van der Waals surface area contributed by atoms with Crippen molar-refractivity contribution in [3.05, 3.63) is 64.8 Å². The maximum absolute atomic E-state index is 12.7. The number of hydrogen-bond donors (Lipinski definition) is 3. The Morgan fingerprint density at radius 3 is 2.65 bits per heavy atom. The molecule has 0 fully saturated rings. The first-order chi connectivity index (χ1) is 16.4. The van der Waals surface area contributed by atoms with Crippen molar-refractivity contribution in [1.82, 2.24) is 9.97 Å². The van der Waals surface area contributed by atoms with Crippen molar-refractivity contribution in [3.63, 3.8) is 0 Å². The molecule has 10 nitrogen and oxygen atoms in total. The highest BCUT2D eigenvalue weighted by atomic mass is 35.5. The summed E-state index contributed by atoms with van der Waals surface area (Å²) in [6.45, 7) is 0.238. The number of carbonyl (C=O) groups is 3. The number of hydrogen-bond acceptors (Lipinski definition) is 8. The summed E-state index contributed by atoms with van der Waals surface area (Å²) < 4.78 is 5.61. The van der Waals surface area contributed by atoms with E-state index in [4.69, 9.17) is 27.8 Å². The van der Waals surface area contributed by atoms with Crippen molar-refractivity contribution in [1.29, 1.82) is 0 Å². The minimum atomic E-state index is -0.744. The van der Waals surface area contributed by atoms with E-state index in [-0.39, 0.29) is 36.4 Å².